The molecule has 0 spiro atoms. The molecule has 1 aliphatic rings. The molecule has 1 rings (SSSR count). The lowest BCUT2D eigenvalue weighted by Gasteiger charge is -2.13. The van der Waals surface area contributed by atoms with Crippen LogP contribution in [0.5, 0.6) is 0 Å². The number of carboxylic acid groups (broad SMARTS) is 1. The molecule has 1 N–H and O–H groups in total. The number of imide groups is 1. The Bertz CT molecular complexity index is 290. The van der Waals surface area contributed by atoms with E-state index in [0.29, 0.717) is 19.4 Å². The van der Waals surface area contributed by atoms with Crippen LogP contribution in [0.15, 0.2) is 0 Å². The van der Waals surface area contributed by atoms with Crippen LogP contribution in [0.2, 0.25) is 0 Å². The lowest BCUT2D eigenvalue weighted by atomic mass is 10.2. The average molecular weight is 214 g/mol. The Hall–Kier alpha value is -1.59. The summed E-state index contributed by atoms with van der Waals surface area (Å²) >= 11 is 0. The molecular formula is C9H14N2O4. The molecule has 1 heterocycles. The van der Waals surface area contributed by atoms with E-state index in [9.17, 15) is 14.4 Å². The number of hydrogen-bond acceptors (Lipinski definition) is 3. The van der Waals surface area contributed by atoms with Crippen LogP contribution < -0.4 is 0 Å². The van der Waals surface area contributed by atoms with Crippen LogP contribution in [-0.4, -0.2) is 53.0 Å². The van der Waals surface area contributed by atoms with Crippen molar-refractivity contribution < 1.29 is 19.5 Å². The number of urea groups is 1. The maximum Gasteiger partial charge on any atom is 0.326 e. The first-order valence-electron chi connectivity index (χ1n) is 4.79. The zero-order valence-electron chi connectivity index (χ0n) is 8.60. The minimum Gasteiger partial charge on any atom is -0.481 e. The molecule has 1 aliphatic heterocycles. The molecule has 0 bridgehead atoms. The van der Waals surface area contributed by atoms with Crippen molar-refractivity contribution in [2.75, 3.05) is 20.1 Å². The molecule has 3 amide bonds. The molecule has 0 atom stereocenters. The summed E-state index contributed by atoms with van der Waals surface area (Å²) in [5.41, 5.74) is 0. The molecule has 0 radical (unpaired) electrons. The number of aliphatic carboxylic acids is 1. The number of hydrogen-bond donors (Lipinski definition) is 1. The van der Waals surface area contributed by atoms with E-state index >= 15 is 0 Å². The molecule has 0 aromatic rings. The molecule has 15 heavy (non-hydrogen) atoms. The third-order valence-electron chi connectivity index (χ3n) is 2.25. The number of carbonyl (C=O) groups excluding carboxylic acids is 2. The third kappa shape index (κ3) is 2.93. The predicted molar refractivity (Wildman–Crippen MR) is 51.2 cm³/mol. The highest BCUT2D eigenvalue weighted by Crippen LogP contribution is 2.09. The number of unbranched alkanes of at least 4 members (excludes halogenated alkanes) is 1. The van der Waals surface area contributed by atoms with Gasteiger partial charge in [-0.05, 0) is 12.8 Å². The highest BCUT2D eigenvalue weighted by Gasteiger charge is 2.32. The highest BCUT2D eigenvalue weighted by atomic mass is 16.4. The van der Waals surface area contributed by atoms with Crippen LogP contribution in [0.25, 0.3) is 0 Å². The first-order valence-corrected chi connectivity index (χ1v) is 4.79. The Kier molecular flexibility index (Phi) is 3.65. The van der Waals surface area contributed by atoms with Gasteiger partial charge in [0, 0.05) is 20.0 Å². The van der Waals surface area contributed by atoms with Crippen LogP contribution in [0.1, 0.15) is 19.3 Å². The van der Waals surface area contributed by atoms with Crippen molar-refractivity contribution in [2.45, 2.75) is 19.3 Å². The summed E-state index contributed by atoms with van der Waals surface area (Å²) in [4.78, 5) is 35.4. The van der Waals surface area contributed by atoms with Gasteiger partial charge in [-0.2, -0.15) is 0 Å². The second-order valence-corrected chi connectivity index (χ2v) is 3.53. The molecule has 84 valence electrons. The van der Waals surface area contributed by atoms with E-state index in [2.05, 4.69) is 0 Å². The molecule has 0 aromatic heterocycles. The zero-order chi connectivity index (χ0) is 11.4. The maximum atomic E-state index is 11.4. The number of carboxylic acids is 1. The van der Waals surface area contributed by atoms with Crippen LogP contribution in [0.3, 0.4) is 0 Å². The van der Waals surface area contributed by atoms with Gasteiger partial charge in [-0.1, -0.05) is 0 Å². The second-order valence-electron chi connectivity index (χ2n) is 3.53. The summed E-state index contributed by atoms with van der Waals surface area (Å²) in [6.07, 6.45) is 1.10. The summed E-state index contributed by atoms with van der Waals surface area (Å²) in [6.45, 7) is 0.438. The smallest absolute Gasteiger partial charge is 0.326 e. The van der Waals surface area contributed by atoms with Crippen molar-refractivity contribution in [1.29, 1.82) is 0 Å². The van der Waals surface area contributed by atoms with Crippen molar-refractivity contribution in [3.8, 4) is 0 Å². The molecule has 6 heteroatoms. The van der Waals surface area contributed by atoms with Crippen LogP contribution >= 0.6 is 0 Å². The quantitative estimate of drug-likeness (QED) is 0.521. The van der Waals surface area contributed by atoms with Gasteiger partial charge >= 0.3 is 12.0 Å². The van der Waals surface area contributed by atoms with Gasteiger partial charge in [-0.25, -0.2) is 4.79 Å². The van der Waals surface area contributed by atoms with Crippen molar-refractivity contribution in [2.24, 2.45) is 0 Å². The SMILES string of the molecule is CN1CC(=O)N(CCCCC(=O)O)C1=O. The Labute approximate surface area is 87.5 Å². The van der Waals surface area contributed by atoms with Crippen molar-refractivity contribution in [3.05, 3.63) is 0 Å². The van der Waals surface area contributed by atoms with Gasteiger partial charge in [-0.3, -0.25) is 14.5 Å². The summed E-state index contributed by atoms with van der Waals surface area (Å²) in [6, 6.07) is -0.296. The number of likely N-dealkylation sites (N-methyl/N-ethyl adjacent to an activating group) is 1. The van der Waals surface area contributed by atoms with Crippen molar-refractivity contribution in [1.82, 2.24) is 9.80 Å². The van der Waals surface area contributed by atoms with E-state index in [1.807, 2.05) is 0 Å². The molecule has 1 saturated heterocycles. The van der Waals surface area contributed by atoms with E-state index in [-0.39, 0.29) is 24.9 Å². The fourth-order valence-electron chi connectivity index (χ4n) is 1.44. The minimum absolute atomic E-state index is 0.0755. The van der Waals surface area contributed by atoms with Crippen LogP contribution in [0.4, 0.5) is 4.79 Å². The van der Waals surface area contributed by atoms with Crippen molar-refractivity contribution >= 4 is 17.9 Å². The standard InChI is InChI=1S/C9H14N2O4/c1-10-6-7(12)11(9(10)15)5-3-2-4-8(13)14/h2-6H2,1H3,(H,13,14). The summed E-state index contributed by atoms with van der Waals surface area (Å²) in [5.74, 6) is -1.07. The molecule has 0 unspecified atom stereocenters. The lowest BCUT2D eigenvalue weighted by Crippen LogP contribution is -2.32. The number of carbonyl (C=O) groups is 3. The van der Waals surface area contributed by atoms with Gasteiger partial charge < -0.3 is 10.0 Å². The topological polar surface area (TPSA) is 77.9 Å². The molecular weight excluding hydrogens is 200 g/mol. The Balaban J connectivity index is 2.29. The van der Waals surface area contributed by atoms with Gasteiger partial charge in [0.25, 0.3) is 0 Å². The fraction of sp³-hybridized carbons (Fsp3) is 0.667. The van der Waals surface area contributed by atoms with E-state index in [1.54, 1.807) is 7.05 Å². The normalized spacial score (nSPS) is 16.3. The van der Waals surface area contributed by atoms with E-state index < -0.39 is 5.97 Å². The summed E-state index contributed by atoms with van der Waals surface area (Å²) < 4.78 is 0. The van der Waals surface area contributed by atoms with Gasteiger partial charge in [0.2, 0.25) is 5.91 Å². The molecule has 0 aromatic carbocycles. The Morgan fingerprint density at radius 1 is 1.40 bits per heavy atom. The van der Waals surface area contributed by atoms with Crippen LogP contribution in [-0.2, 0) is 9.59 Å². The van der Waals surface area contributed by atoms with Crippen LogP contribution in [0, 0.1) is 0 Å². The zero-order valence-corrected chi connectivity index (χ0v) is 8.60. The number of nitrogens with zero attached hydrogens (tertiary/aromatic N) is 2. The molecule has 6 nitrogen and oxygen atoms in total. The summed E-state index contributed by atoms with van der Waals surface area (Å²) in [5, 5.41) is 8.40. The van der Waals surface area contributed by atoms with E-state index in [1.165, 1.54) is 9.80 Å². The second kappa shape index (κ2) is 4.77. The first kappa shape index (κ1) is 11.5. The predicted octanol–water partition coefficient (Wildman–Crippen LogP) is 0.135. The lowest BCUT2D eigenvalue weighted by molar-refractivity contribution is -0.137. The molecule has 0 saturated carbocycles. The Morgan fingerprint density at radius 3 is 2.53 bits per heavy atom. The van der Waals surface area contributed by atoms with Gasteiger partial charge in [0.05, 0.1) is 0 Å². The first-order chi connectivity index (χ1) is 7.02. The monoisotopic (exact) mass is 214 g/mol. The summed E-state index contributed by atoms with van der Waals surface area (Å²) in [7, 11) is 1.57. The average Bonchev–Trinajstić information content (AvgIpc) is 2.37. The van der Waals surface area contributed by atoms with E-state index in [4.69, 9.17) is 5.11 Å². The van der Waals surface area contributed by atoms with Crippen molar-refractivity contribution in [3.63, 3.8) is 0 Å². The highest BCUT2D eigenvalue weighted by molar-refractivity contribution is 6.01. The maximum absolute atomic E-state index is 11.4. The van der Waals surface area contributed by atoms with E-state index in [0.717, 1.165) is 0 Å². The minimum atomic E-state index is -0.855. The van der Waals surface area contributed by atoms with Gasteiger partial charge in [0.1, 0.15) is 6.54 Å². The molecule has 0 aliphatic carbocycles. The Morgan fingerprint density at radius 2 is 2.07 bits per heavy atom. The number of rotatable bonds is 5. The fourth-order valence-corrected chi connectivity index (χ4v) is 1.44. The van der Waals surface area contributed by atoms with Gasteiger partial charge in [0.15, 0.2) is 0 Å². The third-order valence-corrected chi connectivity index (χ3v) is 2.25. The molecule has 1 fully saturated rings. The number of amides is 3. The largest absolute Gasteiger partial charge is 0.481 e. The van der Waals surface area contributed by atoms with Gasteiger partial charge in [-0.15, -0.1) is 0 Å².